The Labute approximate surface area is 112 Å². The highest BCUT2D eigenvalue weighted by Gasteiger charge is 2.25. The maximum Gasteiger partial charge on any atom is 0.0620 e. The minimum Gasteiger partial charge on any atom is -0.379 e. The summed E-state index contributed by atoms with van der Waals surface area (Å²) in [6.45, 7) is 7.60. The molecule has 2 rings (SSSR count). The number of piperidine rings is 1. The van der Waals surface area contributed by atoms with Gasteiger partial charge in [0.1, 0.15) is 0 Å². The van der Waals surface area contributed by atoms with Crippen molar-refractivity contribution in [3.63, 3.8) is 0 Å². The first kappa shape index (κ1) is 14.3. The summed E-state index contributed by atoms with van der Waals surface area (Å²) in [6, 6.07) is 1.95. The fraction of sp³-hybridized carbons (Fsp3) is 1.00. The third-order valence-corrected chi connectivity index (χ3v) is 4.58. The molecule has 0 aromatic heterocycles. The zero-order valence-corrected chi connectivity index (χ0v) is 12.2. The van der Waals surface area contributed by atoms with E-state index in [0.29, 0.717) is 12.1 Å². The molecule has 1 N–H and O–H groups in total. The van der Waals surface area contributed by atoms with Crippen LogP contribution in [0.15, 0.2) is 0 Å². The summed E-state index contributed by atoms with van der Waals surface area (Å²) in [6.07, 6.45) is 3.82. The molecule has 18 heavy (non-hydrogen) atoms. The Morgan fingerprint density at radius 1 is 1.39 bits per heavy atom. The second-order valence-corrected chi connectivity index (χ2v) is 6.01. The quantitative estimate of drug-likeness (QED) is 0.803. The van der Waals surface area contributed by atoms with Crippen molar-refractivity contribution in [3.8, 4) is 0 Å². The van der Waals surface area contributed by atoms with Crippen molar-refractivity contribution >= 4 is 0 Å². The summed E-state index contributed by atoms with van der Waals surface area (Å²) in [4.78, 5) is 5.02. The largest absolute Gasteiger partial charge is 0.379 e. The lowest BCUT2D eigenvalue weighted by molar-refractivity contribution is 0.0533. The molecular formula is C14H29N3O. The summed E-state index contributed by atoms with van der Waals surface area (Å²) >= 11 is 0. The molecule has 2 fully saturated rings. The van der Waals surface area contributed by atoms with Crippen LogP contribution in [-0.4, -0.2) is 74.9 Å². The van der Waals surface area contributed by atoms with Gasteiger partial charge >= 0.3 is 0 Å². The minimum absolute atomic E-state index is 0.544. The summed E-state index contributed by atoms with van der Waals surface area (Å²) in [5, 5.41) is 3.55. The lowest BCUT2D eigenvalue weighted by Gasteiger charge is -2.39. The average Bonchev–Trinajstić information content (AvgIpc) is 2.40. The standard InChI is InChI=1S/C14H29N3O/c1-12(10-13-11-18-9-6-15-13)17(3)14-4-7-16(2)8-5-14/h12-15H,4-11H2,1-3H3. The van der Waals surface area contributed by atoms with E-state index in [1.807, 2.05) is 0 Å². The third-order valence-electron chi connectivity index (χ3n) is 4.58. The van der Waals surface area contributed by atoms with Gasteiger partial charge in [0.05, 0.1) is 13.2 Å². The summed E-state index contributed by atoms with van der Waals surface area (Å²) in [5.41, 5.74) is 0. The fourth-order valence-corrected chi connectivity index (χ4v) is 3.11. The van der Waals surface area contributed by atoms with Gasteiger partial charge in [-0.2, -0.15) is 0 Å². The first-order chi connectivity index (χ1) is 8.66. The molecule has 2 heterocycles. The third kappa shape index (κ3) is 3.92. The van der Waals surface area contributed by atoms with Crippen LogP contribution < -0.4 is 5.32 Å². The van der Waals surface area contributed by atoms with Crippen LogP contribution in [0.5, 0.6) is 0 Å². The van der Waals surface area contributed by atoms with Gasteiger partial charge in [-0.1, -0.05) is 0 Å². The number of likely N-dealkylation sites (tertiary alicyclic amines) is 1. The van der Waals surface area contributed by atoms with Gasteiger partial charge in [0.15, 0.2) is 0 Å². The molecule has 0 aliphatic carbocycles. The van der Waals surface area contributed by atoms with E-state index < -0.39 is 0 Å². The van der Waals surface area contributed by atoms with Crippen LogP contribution in [0, 0.1) is 0 Å². The van der Waals surface area contributed by atoms with Crippen molar-refractivity contribution in [2.24, 2.45) is 0 Å². The van der Waals surface area contributed by atoms with Crippen molar-refractivity contribution in [2.45, 2.75) is 44.3 Å². The van der Waals surface area contributed by atoms with Crippen LogP contribution in [0.2, 0.25) is 0 Å². The van der Waals surface area contributed by atoms with Crippen LogP contribution in [0.1, 0.15) is 26.2 Å². The first-order valence-electron chi connectivity index (χ1n) is 7.38. The second kappa shape index (κ2) is 6.85. The molecule has 0 spiro atoms. The SMILES string of the molecule is CC(CC1COCCN1)N(C)C1CCN(C)CC1. The Balaban J connectivity index is 1.75. The molecule has 0 radical (unpaired) electrons. The Hall–Kier alpha value is -0.160. The highest BCUT2D eigenvalue weighted by molar-refractivity contribution is 4.83. The summed E-state index contributed by atoms with van der Waals surface area (Å²) in [7, 11) is 4.52. The van der Waals surface area contributed by atoms with Crippen LogP contribution in [-0.2, 0) is 4.74 Å². The normalized spacial score (nSPS) is 29.7. The lowest BCUT2D eigenvalue weighted by Crippen LogP contribution is -2.49. The number of hydrogen-bond donors (Lipinski definition) is 1. The topological polar surface area (TPSA) is 27.7 Å². The van der Waals surface area contributed by atoms with Gasteiger partial charge in [0.2, 0.25) is 0 Å². The molecule has 2 aliphatic heterocycles. The minimum atomic E-state index is 0.544. The van der Waals surface area contributed by atoms with Gasteiger partial charge in [-0.15, -0.1) is 0 Å². The second-order valence-electron chi connectivity index (χ2n) is 6.01. The molecule has 4 nitrogen and oxygen atoms in total. The van der Waals surface area contributed by atoms with E-state index in [2.05, 4.69) is 36.1 Å². The number of hydrogen-bond acceptors (Lipinski definition) is 4. The Kier molecular flexibility index (Phi) is 5.42. The number of ether oxygens (including phenoxy) is 1. The molecular weight excluding hydrogens is 226 g/mol. The van der Waals surface area contributed by atoms with Crippen molar-refractivity contribution in [2.75, 3.05) is 46.9 Å². The number of nitrogens with zero attached hydrogens (tertiary/aromatic N) is 2. The molecule has 0 amide bonds. The lowest BCUT2D eigenvalue weighted by atomic mass is 10.00. The molecule has 2 aliphatic rings. The smallest absolute Gasteiger partial charge is 0.0620 e. The first-order valence-corrected chi connectivity index (χ1v) is 7.38. The highest BCUT2D eigenvalue weighted by atomic mass is 16.5. The van der Waals surface area contributed by atoms with E-state index in [0.717, 1.165) is 25.8 Å². The summed E-state index contributed by atoms with van der Waals surface area (Å²) in [5.74, 6) is 0. The van der Waals surface area contributed by atoms with Crippen molar-refractivity contribution in [1.82, 2.24) is 15.1 Å². The van der Waals surface area contributed by atoms with Gasteiger partial charge < -0.3 is 19.9 Å². The van der Waals surface area contributed by atoms with Crippen LogP contribution in [0.3, 0.4) is 0 Å². The van der Waals surface area contributed by atoms with Gasteiger partial charge in [0, 0.05) is 24.7 Å². The van der Waals surface area contributed by atoms with Gasteiger partial charge in [-0.3, -0.25) is 0 Å². The predicted octanol–water partition coefficient (Wildman–Crippen LogP) is 0.779. The summed E-state index contributed by atoms with van der Waals surface area (Å²) < 4.78 is 5.53. The van der Waals surface area contributed by atoms with Crippen LogP contribution in [0.4, 0.5) is 0 Å². The van der Waals surface area contributed by atoms with Crippen molar-refractivity contribution in [3.05, 3.63) is 0 Å². The Bertz CT molecular complexity index is 235. The number of nitrogens with one attached hydrogen (secondary N) is 1. The molecule has 2 unspecified atom stereocenters. The monoisotopic (exact) mass is 255 g/mol. The van der Waals surface area contributed by atoms with Crippen LogP contribution >= 0.6 is 0 Å². The maximum atomic E-state index is 5.53. The average molecular weight is 255 g/mol. The number of rotatable bonds is 4. The van der Waals surface area contributed by atoms with Gasteiger partial charge in [-0.25, -0.2) is 0 Å². The maximum absolute atomic E-state index is 5.53. The zero-order valence-electron chi connectivity index (χ0n) is 12.2. The zero-order chi connectivity index (χ0) is 13.0. The van der Waals surface area contributed by atoms with E-state index in [1.165, 1.54) is 32.4 Å². The van der Waals surface area contributed by atoms with Crippen molar-refractivity contribution < 1.29 is 4.74 Å². The highest BCUT2D eigenvalue weighted by Crippen LogP contribution is 2.18. The Morgan fingerprint density at radius 2 is 2.11 bits per heavy atom. The fourth-order valence-electron chi connectivity index (χ4n) is 3.11. The predicted molar refractivity (Wildman–Crippen MR) is 75.0 cm³/mol. The van der Waals surface area contributed by atoms with E-state index in [4.69, 9.17) is 4.74 Å². The van der Waals surface area contributed by atoms with E-state index in [9.17, 15) is 0 Å². The number of morpholine rings is 1. The molecule has 2 atom stereocenters. The molecule has 0 bridgehead atoms. The van der Waals surface area contributed by atoms with E-state index >= 15 is 0 Å². The molecule has 2 saturated heterocycles. The van der Waals surface area contributed by atoms with Gasteiger partial charge in [0.25, 0.3) is 0 Å². The molecule has 0 saturated carbocycles. The van der Waals surface area contributed by atoms with Crippen LogP contribution in [0.25, 0.3) is 0 Å². The van der Waals surface area contributed by atoms with E-state index in [1.54, 1.807) is 0 Å². The van der Waals surface area contributed by atoms with Gasteiger partial charge in [-0.05, 0) is 53.4 Å². The molecule has 0 aromatic rings. The Morgan fingerprint density at radius 3 is 2.72 bits per heavy atom. The molecule has 4 heteroatoms. The molecule has 0 aromatic carbocycles. The van der Waals surface area contributed by atoms with Crippen molar-refractivity contribution in [1.29, 1.82) is 0 Å². The van der Waals surface area contributed by atoms with E-state index in [-0.39, 0.29) is 0 Å². The molecule has 106 valence electrons.